The van der Waals surface area contributed by atoms with Gasteiger partial charge in [0.1, 0.15) is 0 Å². The summed E-state index contributed by atoms with van der Waals surface area (Å²) in [4.78, 5) is 0. The molecule has 0 heterocycles. The average Bonchev–Trinajstić information content (AvgIpc) is 1.99. The minimum atomic E-state index is -2.99. The fourth-order valence-electron chi connectivity index (χ4n) is 0.876. The predicted octanol–water partition coefficient (Wildman–Crippen LogP) is 2.39. The zero-order valence-corrected chi connectivity index (χ0v) is 11.2. The van der Waals surface area contributed by atoms with Crippen molar-refractivity contribution in [1.29, 1.82) is 0 Å². The molecule has 0 aromatic carbocycles. The first-order valence-electron chi connectivity index (χ1n) is 5.15. The molecule has 0 aliphatic heterocycles. The van der Waals surface area contributed by atoms with Gasteiger partial charge in [0, 0.05) is 6.54 Å². The van der Waals surface area contributed by atoms with Crippen molar-refractivity contribution in [3.8, 4) is 0 Å². The first-order valence-corrected chi connectivity index (χ1v) is 7.04. The van der Waals surface area contributed by atoms with Crippen LogP contribution in [0.5, 0.6) is 0 Å². The summed E-state index contributed by atoms with van der Waals surface area (Å²) >= 11 is 0. The number of sulfonamides is 1. The molecular formula is C10H25NO2S. The summed E-state index contributed by atoms with van der Waals surface area (Å²) in [5.74, 6) is 0. The predicted molar refractivity (Wildman–Crippen MR) is 62.9 cm³/mol. The molecule has 0 aromatic rings. The van der Waals surface area contributed by atoms with E-state index in [0.717, 1.165) is 12.8 Å². The molecule has 0 saturated carbocycles. The highest BCUT2D eigenvalue weighted by atomic mass is 32.2. The lowest BCUT2D eigenvalue weighted by molar-refractivity contribution is 0.365. The van der Waals surface area contributed by atoms with E-state index in [1.165, 1.54) is 6.26 Å². The summed E-state index contributed by atoms with van der Waals surface area (Å²) in [7, 11) is -2.99. The lowest BCUT2D eigenvalue weighted by Gasteiger charge is -2.17. The van der Waals surface area contributed by atoms with Crippen molar-refractivity contribution in [3.63, 3.8) is 0 Å². The number of nitrogens with one attached hydrogen (secondary N) is 1. The molecule has 0 aromatic heterocycles. The first kappa shape index (κ1) is 16.3. The fourth-order valence-corrected chi connectivity index (χ4v) is 1.39. The normalized spacial score (nSPS) is 11.9. The van der Waals surface area contributed by atoms with E-state index in [1.54, 1.807) is 0 Å². The van der Waals surface area contributed by atoms with Crippen molar-refractivity contribution < 1.29 is 8.42 Å². The van der Waals surface area contributed by atoms with Crippen LogP contribution in [-0.4, -0.2) is 21.2 Å². The van der Waals surface area contributed by atoms with Crippen LogP contribution in [0.1, 0.15) is 47.5 Å². The Morgan fingerprint density at radius 2 is 1.57 bits per heavy atom. The highest BCUT2D eigenvalue weighted by Crippen LogP contribution is 2.19. The number of hydrogen-bond donors (Lipinski definition) is 1. The highest BCUT2D eigenvalue weighted by molar-refractivity contribution is 7.88. The molecule has 0 aliphatic rings. The van der Waals surface area contributed by atoms with E-state index in [0.29, 0.717) is 12.0 Å². The second-order valence-electron chi connectivity index (χ2n) is 4.33. The molecule has 14 heavy (non-hydrogen) atoms. The van der Waals surface area contributed by atoms with Crippen molar-refractivity contribution in [2.75, 3.05) is 12.8 Å². The van der Waals surface area contributed by atoms with Gasteiger partial charge in [-0.05, 0) is 18.3 Å². The maximum atomic E-state index is 10.6. The van der Waals surface area contributed by atoms with E-state index in [2.05, 4.69) is 25.5 Å². The van der Waals surface area contributed by atoms with Gasteiger partial charge in [0.15, 0.2) is 0 Å². The first-order chi connectivity index (χ1) is 6.21. The summed E-state index contributed by atoms with van der Waals surface area (Å²) in [5.41, 5.74) is 0.291. The van der Waals surface area contributed by atoms with E-state index in [4.69, 9.17) is 0 Å². The van der Waals surface area contributed by atoms with Gasteiger partial charge in [-0.1, -0.05) is 34.6 Å². The lowest BCUT2D eigenvalue weighted by Crippen LogP contribution is -2.23. The molecule has 0 aliphatic carbocycles. The van der Waals surface area contributed by atoms with Gasteiger partial charge in [0.05, 0.1) is 6.26 Å². The van der Waals surface area contributed by atoms with Gasteiger partial charge in [-0.2, -0.15) is 0 Å². The van der Waals surface area contributed by atoms with Crippen LogP contribution in [0.25, 0.3) is 0 Å². The van der Waals surface area contributed by atoms with Gasteiger partial charge in [-0.15, -0.1) is 0 Å². The molecule has 0 unspecified atom stereocenters. The molecule has 1 N–H and O–H groups in total. The molecule has 0 saturated heterocycles. The smallest absolute Gasteiger partial charge is 0.208 e. The van der Waals surface area contributed by atoms with Crippen LogP contribution in [0.2, 0.25) is 0 Å². The highest BCUT2D eigenvalue weighted by Gasteiger charge is 2.09. The standard InChI is InChI=1S/C8H19NO2S.C2H6/c1-8(2,3)6-5-7-9-12(4,10)11;1-2/h9H,5-7H2,1-4H3;1-2H3. The maximum Gasteiger partial charge on any atom is 0.208 e. The summed E-state index contributed by atoms with van der Waals surface area (Å²) in [6.07, 6.45) is 3.12. The average molecular weight is 223 g/mol. The van der Waals surface area contributed by atoms with Crippen molar-refractivity contribution in [1.82, 2.24) is 4.72 Å². The minimum Gasteiger partial charge on any atom is -0.215 e. The van der Waals surface area contributed by atoms with Crippen molar-refractivity contribution in [2.24, 2.45) is 5.41 Å². The molecule has 0 fully saturated rings. The van der Waals surface area contributed by atoms with Crippen LogP contribution in [0, 0.1) is 5.41 Å². The Kier molecular flexibility index (Phi) is 8.45. The fraction of sp³-hybridized carbons (Fsp3) is 1.00. The van der Waals surface area contributed by atoms with Crippen molar-refractivity contribution in [2.45, 2.75) is 47.5 Å². The Hall–Kier alpha value is -0.0900. The third-order valence-electron chi connectivity index (χ3n) is 1.47. The third kappa shape index (κ3) is 17.9. The summed E-state index contributed by atoms with van der Waals surface area (Å²) in [6, 6.07) is 0. The molecular weight excluding hydrogens is 198 g/mol. The van der Waals surface area contributed by atoms with Crippen LogP contribution in [0.15, 0.2) is 0 Å². The number of rotatable bonds is 4. The van der Waals surface area contributed by atoms with Crippen LogP contribution >= 0.6 is 0 Å². The molecule has 0 atom stereocenters. The van der Waals surface area contributed by atoms with E-state index in [-0.39, 0.29) is 0 Å². The zero-order valence-electron chi connectivity index (χ0n) is 10.3. The topological polar surface area (TPSA) is 46.2 Å². The molecule has 0 radical (unpaired) electrons. The van der Waals surface area contributed by atoms with Gasteiger partial charge in [0.2, 0.25) is 10.0 Å². The summed E-state index contributed by atoms with van der Waals surface area (Å²) in [6.45, 7) is 11.0. The minimum absolute atomic E-state index is 0.291. The van der Waals surface area contributed by atoms with Gasteiger partial charge < -0.3 is 0 Å². The molecule has 4 heteroatoms. The second-order valence-corrected chi connectivity index (χ2v) is 6.16. The SMILES string of the molecule is CC.CC(C)(C)CCCNS(C)(=O)=O. The van der Waals surface area contributed by atoms with E-state index < -0.39 is 10.0 Å². The quantitative estimate of drug-likeness (QED) is 0.744. The van der Waals surface area contributed by atoms with Crippen molar-refractivity contribution >= 4 is 10.0 Å². The monoisotopic (exact) mass is 223 g/mol. The van der Waals surface area contributed by atoms with E-state index in [9.17, 15) is 8.42 Å². The van der Waals surface area contributed by atoms with E-state index in [1.807, 2.05) is 13.8 Å². The molecule has 88 valence electrons. The van der Waals surface area contributed by atoms with Crippen molar-refractivity contribution in [3.05, 3.63) is 0 Å². The van der Waals surface area contributed by atoms with Gasteiger partial charge in [-0.3, -0.25) is 0 Å². The van der Waals surface area contributed by atoms with Crippen LogP contribution in [-0.2, 0) is 10.0 Å². The Morgan fingerprint density at radius 3 is 1.86 bits per heavy atom. The molecule has 0 spiro atoms. The Bertz CT molecular complexity index is 215. The maximum absolute atomic E-state index is 10.6. The van der Waals surface area contributed by atoms with Gasteiger partial charge in [0.25, 0.3) is 0 Å². The summed E-state index contributed by atoms with van der Waals surface area (Å²) in [5, 5.41) is 0. The largest absolute Gasteiger partial charge is 0.215 e. The Labute approximate surface area is 89.3 Å². The van der Waals surface area contributed by atoms with Crippen LogP contribution in [0.4, 0.5) is 0 Å². The molecule has 3 nitrogen and oxygen atoms in total. The Balaban J connectivity index is 0. The van der Waals surface area contributed by atoms with Crippen LogP contribution in [0.3, 0.4) is 0 Å². The van der Waals surface area contributed by atoms with Crippen LogP contribution < -0.4 is 4.72 Å². The molecule has 0 bridgehead atoms. The van der Waals surface area contributed by atoms with Gasteiger partial charge in [-0.25, -0.2) is 13.1 Å². The Morgan fingerprint density at radius 1 is 1.14 bits per heavy atom. The number of hydrogen-bond acceptors (Lipinski definition) is 2. The van der Waals surface area contributed by atoms with Gasteiger partial charge >= 0.3 is 0 Å². The summed E-state index contributed by atoms with van der Waals surface area (Å²) < 4.78 is 23.8. The molecule has 0 rings (SSSR count). The third-order valence-corrected chi connectivity index (χ3v) is 2.20. The van der Waals surface area contributed by atoms with E-state index >= 15 is 0 Å². The molecule has 0 amide bonds. The zero-order chi connectivity index (χ0) is 11.8. The second kappa shape index (κ2) is 7.23. The lowest BCUT2D eigenvalue weighted by atomic mass is 9.91.